The number of rotatable bonds is 5. The minimum atomic E-state index is 0.00991. The van der Waals surface area contributed by atoms with Crippen LogP contribution in [-0.2, 0) is 24.2 Å². The van der Waals surface area contributed by atoms with Crippen LogP contribution in [-0.4, -0.2) is 25.7 Å². The van der Waals surface area contributed by atoms with Crippen LogP contribution in [0.1, 0.15) is 30.7 Å². The molecule has 1 aliphatic heterocycles. The number of fused-ring (bicyclic) bond motifs is 2. The summed E-state index contributed by atoms with van der Waals surface area (Å²) in [6, 6.07) is 16.0. The molecule has 1 aliphatic rings. The molecule has 6 heteroatoms. The molecule has 29 heavy (non-hydrogen) atoms. The minimum absolute atomic E-state index is 0.00991. The molecule has 2 aromatic carbocycles. The van der Waals surface area contributed by atoms with Gasteiger partial charge in [0.15, 0.2) is 5.82 Å². The topological polar surface area (TPSA) is 75.6 Å². The van der Waals surface area contributed by atoms with Crippen LogP contribution in [0.5, 0.6) is 0 Å². The molecule has 0 unspecified atom stereocenters. The first kappa shape index (κ1) is 17.7. The van der Waals surface area contributed by atoms with Gasteiger partial charge in [-0.05, 0) is 43.0 Å². The van der Waals surface area contributed by atoms with E-state index in [9.17, 15) is 4.79 Å². The molecule has 6 nitrogen and oxygen atoms in total. The molecule has 0 aliphatic carbocycles. The lowest BCUT2D eigenvalue weighted by molar-refractivity contribution is -0.116. The Morgan fingerprint density at radius 1 is 1.10 bits per heavy atom. The third kappa shape index (κ3) is 3.53. The van der Waals surface area contributed by atoms with E-state index in [0.717, 1.165) is 47.8 Å². The third-order valence-electron chi connectivity index (χ3n) is 5.56. The number of H-pyrrole nitrogens is 1. The fraction of sp³-hybridized carbons (Fsp3) is 0.261. The molecule has 0 saturated carbocycles. The molecule has 0 spiro atoms. The van der Waals surface area contributed by atoms with Crippen molar-refractivity contribution in [1.82, 2.24) is 19.7 Å². The first-order valence-corrected chi connectivity index (χ1v) is 10.2. The van der Waals surface area contributed by atoms with E-state index < -0.39 is 0 Å². The number of aromatic amines is 1. The molecule has 0 radical (unpaired) electrons. The lowest BCUT2D eigenvalue weighted by Crippen LogP contribution is -2.13. The maximum atomic E-state index is 12.5. The summed E-state index contributed by atoms with van der Waals surface area (Å²) >= 11 is 0. The number of carbonyl (C=O) groups is 1. The quantitative estimate of drug-likeness (QED) is 0.537. The zero-order valence-corrected chi connectivity index (χ0v) is 16.2. The number of carbonyl (C=O) groups excluding carboxylic acids is 1. The molecule has 0 bridgehead atoms. The number of hydrogen-bond acceptors (Lipinski definition) is 3. The predicted octanol–water partition coefficient (Wildman–Crippen LogP) is 4.33. The SMILES string of the molecule is O=C(CCc1c[nH]c2ccccc12)Nc1cccc(-c2nnc3n2CCCC3)c1. The van der Waals surface area contributed by atoms with Crippen molar-refractivity contribution in [2.45, 2.75) is 38.6 Å². The predicted molar refractivity (Wildman–Crippen MR) is 114 cm³/mol. The molecular formula is C23H23N5O. The van der Waals surface area contributed by atoms with E-state index in [1.807, 2.05) is 48.7 Å². The number of benzene rings is 2. The Labute approximate surface area is 169 Å². The maximum Gasteiger partial charge on any atom is 0.224 e. The van der Waals surface area contributed by atoms with Gasteiger partial charge in [0.25, 0.3) is 0 Å². The molecule has 2 N–H and O–H groups in total. The molecule has 4 aromatic rings. The van der Waals surface area contributed by atoms with Crippen molar-refractivity contribution in [2.24, 2.45) is 0 Å². The Morgan fingerprint density at radius 2 is 2.03 bits per heavy atom. The summed E-state index contributed by atoms with van der Waals surface area (Å²) in [7, 11) is 0. The largest absolute Gasteiger partial charge is 0.361 e. The second kappa shape index (κ2) is 7.54. The monoisotopic (exact) mass is 385 g/mol. The summed E-state index contributed by atoms with van der Waals surface area (Å²) in [5.74, 6) is 1.95. The van der Waals surface area contributed by atoms with Crippen molar-refractivity contribution in [3.8, 4) is 11.4 Å². The number of anilines is 1. The smallest absolute Gasteiger partial charge is 0.224 e. The van der Waals surface area contributed by atoms with Gasteiger partial charge < -0.3 is 14.9 Å². The van der Waals surface area contributed by atoms with E-state index in [4.69, 9.17) is 0 Å². The summed E-state index contributed by atoms with van der Waals surface area (Å²) in [6.07, 6.45) is 6.44. The van der Waals surface area contributed by atoms with E-state index in [2.05, 4.69) is 31.1 Å². The van der Waals surface area contributed by atoms with Crippen molar-refractivity contribution in [2.75, 3.05) is 5.32 Å². The lowest BCUT2D eigenvalue weighted by Gasteiger charge is -2.15. The molecule has 0 saturated heterocycles. The van der Waals surface area contributed by atoms with Crippen molar-refractivity contribution in [1.29, 1.82) is 0 Å². The lowest BCUT2D eigenvalue weighted by atomic mass is 10.1. The molecule has 0 fully saturated rings. The highest BCUT2D eigenvalue weighted by atomic mass is 16.1. The second-order valence-electron chi connectivity index (χ2n) is 7.54. The average molecular weight is 385 g/mol. The minimum Gasteiger partial charge on any atom is -0.361 e. The maximum absolute atomic E-state index is 12.5. The van der Waals surface area contributed by atoms with Crippen LogP contribution < -0.4 is 5.32 Å². The Hall–Kier alpha value is -3.41. The molecule has 0 atom stereocenters. The van der Waals surface area contributed by atoms with Crippen LogP contribution in [0.15, 0.2) is 54.7 Å². The third-order valence-corrected chi connectivity index (χ3v) is 5.56. The number of hydrogen-bond donors (Lipinski definition) is 2. The van der Waals surface area contributed by atoms with Crippen molar-refractivity contribution >= 4 is 22.5 Å². The Kier molecular flexibility index (Phi) is 4.60. The van der Waals surface area contributed by atoms with Gasteiger partial charge in [0, 0.05) is 47.7 Å². The summed E-state index contributed by atoms with van der Waals surface area (Å²) < 4.78 is 2.20. The summed E-state index contributed by atoms with van der Waals surface area (Å²) in [5, 5.41) is 12.9. The number of amides is 1. The number of nitrogens with zero attached hydrogens (tertiary/aromatic N) is 3. The van der Waals surface area contributed by atoms with Gasteiger partial charge in [0.1, 0.15) is 5.82 Å². The number of nitrogens with one attached hydrogen (secondary N) is 2. The summed E-state index contributed by atoms with van der Waals surface area (Å²) in [5.41, 5.74) is 4.05. The molecular weight excluding hydrogens is 362 g/mol. The molecule has 146 valence electrons. The Bertz CT molecular complexity index is 1170. The van der Waals surface area contributed by atoms with Gasteiger partial charge in [0.2, 0.25) is 5.91 Å². The second-order valence-corrected chi connectivity index (χ2v) is 7.54. The number of aryl methyl sites for hydroxylation is 2. The highest BCUT2D eigenvalue weighted by molar-refractivity contribution is 5.92. The standard InChI is InChI=1S/C23H23N5O/c29-22(12-11-17-15-24-20-9-2-1-8-19(17)20)25-18-7-5-6-16(14-18)23-27-26-21-10-3-4-13-28(21)23/h1-2,5-9,14-15,24H,3-4,10-13H2,(H,25,29). The first-order valence-electron chi connectivity index (χ1n) is 10.2. The van der Waals surface area contributed by atoms with E-state index >= 15 is 0 Å². The van der Waals surface area contributed by atoms with E-state index in [0.29, 0.717) is 12.8 Å². The number of aromatic nitrogens is 4. The molecule has 3 heterocycles. The Morgan fingerprint density at radius 3 is 3.00 bits per heavy atom. The van der Waals surface area contributed by atoms with Crippen molar-refractivity contribution in [3.63, 3.8) is 0 Å². The molecule has 5 rings (SSSR count). The fourth-order valence-corrected chi connectivity index (χ4v) is 4.07. The molecule has 1 amide bonds. The highest BCUT2D eigenvalue weighted by Gasteiger charge is 2.17. The van der Waals surface area contributed by atoms with Crippen LogP contribution >= 0.6 is 0 Å². The summed E-state index contributed by atoms with van der Waals surface area (Å²) in [4.78, 5) is 15.8. The summed E-state index contributed by atoms with van der Waals surface area (Å²) in [6.45, 7) is 0.957. The number of para-hydroxylation sites is 1. The van der Waals surface area contributed by atoms with Crippen LogP contribution in [0.4, 0.5) is 5.69 Å². The van der Waals surface area contributed by atoms with Gasteiger partial charge in [-0.3, -0.25) is 4.79 Å². The van der Waals surface area contributed by atoms with Gasteiger partial charge in [-0.15, -0.1) is 10.2 Å². The van der Waals surface area contributed by atoms with Gasteiger partial charge in [-0.25, -0.2) is 0 Å². The van der Waals surface area contributed by atoms with Gasteiger partial charge >= 0.3 is 0 Å². The average Bonchev–Trinajstić information content (AvgIpc) is 3.37. The highest BCUT2D eigenvalue weighted by Crippen LogP contribution is 2.25. The van der Waals surface area contributed by atoms with E-state index in [-0.39, 0.29) is 5.91 Å². The van der Waals surface area contributed by atoms with Gasteiger partial charge in [0.05, 0.1) is 0 Å². The van der Waals surface area contributed by atoms with Crippen molar-refractivity contribution in [3.05, 3.63) is 66.1 Å². The zero-order valence-electron chi connectivity index (χ0n) is 16.2. The van der Waals surface area contributed by atoms with Crippen LogP contribution in [0.3, 0.4) is 0 Å². The normalized spacial score (nSPS) is 13.4. The van der Waals surface area contributed by atoms with E-state index in [1.165, 1.54) is 17.4 Å². The van der Waals surface area contributed by atoms with Crippen LogP contribution in [0.2, 0.25) is 0 Å². The first-order chi connectivity index (χ1) is 14.3. The van der Waals surface area contributed by atoms with Gasteiger partial charge in [-0.1, -0.05) is 30.3 Å². The van der Waals surface area contributed by atoms with Crippen molar-refractivity contribution < 1.29 is 4.79 Å². The molecule has 2 aromatic heterocycles. The van der Waals surface area contributed by atoms with E-state index in [1.54, 1.807) is 0 Å². The van der Waals surface area contributed by atoms with Gasteiger partial charge in [-0.2, -0.15) is 0 Å². The fourth-order valence-electron chi connectivity index (χ4n) is 4.07. The zero-order chi connectivity index (χ0) is 19.6. The van der Waals surface area contributed by atoms with Crippen LogP contribution in [0.25, 0.3) is 22.3 Å². The Balaban J connectivity index is 1.28. The van der Waals surface area contributed by atoms with Crippen LogP contribution in [0, 0.1) is 0 Å².